The van der Waals surface area contributed by atoms with Gasteiger partial charge in [0.1, 0.15) is 0 Å². The minimum Gasteiger partial charge on any atom is -0.320 e. The number of rotatable bonds is 0. The van der Waals surface area contributed by atoms with Gasteiger partial charge in [-0.1, -0.05) is 30.3 Å². The topological polar surface area (TPSA) is 45.8 Å². The maximum Gasteiger partial charge on any atom is 0.256 e. The molecule has 2 aromatic heterocycles. The monoisotopic (exact) mass is 260 g/mol. The zero-order chi connectivity index (χ0) is 13.7. The highest BCUT2D eigenvalue weighted by molar-refractivity contribution is 6.14. The van der Waals surface area contributed by atoms with Crippen molar-refractivity contribution in [2.24, 2.45) is 0 Å². The van der Waals surface area contributed by atoms with E-state index in [2.05, 4.69) is 22.1 Å². The van der Waals surface area contributed by atoms with Crippen molar-refractivity contribution in [3.8, 4) is 0 Å². The molecule has 0 aliphatic carbocycles. The van der Waals surface area contributed by atoms with Crippen LogP contribution in [-0.2, 0) is 0 Å². The second-order valence-electron chi connectivity index (χ2n) is 5.01. The second kappa shape index (κ2) is 3.90. The van der Waals surface area contributed by atoms with Crippen LogP contribution < -0.4 is 5.56 Å². The van der Waals surface area contributed by atoms with Crippen molar-refractivity contribution in [1.29, 1.82) is 0 Å². The van der Waals surface area contributed by atoms with E-state index in [0.717, 1.165) is 38.1 Å². The van der Waals surface area contributed by atoms with E-state index in [9.17, 15) is 4.79 Å². The maximum atomic E-state index is 12.3. The lowest BCUT2D eigenvalue weighted by atomic mass is 10.0. The summed E-state index contributed by atoms with van der Waals surface area (Å²) < 4.78 is 0. The van der Waals surface area contributed by atoms with Gasteiger partial charge in [-0.25, -0.2) is 0 Å². The van der Waals surface area contributed by atoms with Gasteiger partial charge in [0.05, 0.1) is 11.0 Å². The Morgan fingerprint density at radius 3 is 2.80 bits per heavy atom. The normalized spacial score (nSPS) is 11.4. The van der Waals surface area contributed by atoms with Crippen LogP contribution in [0.1, 0.15) is 5.56 Å². The molecule has 0 bridgehead atoms. The molecule has 0 aliphatic heterocycles. The quantitative estimate of drug-likeness (QED) is 0.491. The first kappa shape index (κ1) is 11.2. The minimum atomic E-state index is -0.0608. The molecule has 4 rings (SSSR count). The van der Waals surface area contributed by atoms with Crippen LogP contribution in [0, 0.1) is 6.92 Å². The molecule has 0 aliphatic rings. The Bertz CT molecular complexity index is 1030. The van der Waals surface area contributed by atoms with Gasteiger partial charge in [-0.2, -0.15) is 0 Å². The molecule has 3 heteroatoms. The highest BCUT2D eigenvalue weighted by Gasteiger charge is 2.09. The molecule has 2 heterocycles. The van der Waals surface area contributed by atoms with Gasteiger partial charge in [0.15, 0.2) is 0 Å². The zero-order valence-electron chi connectivity index (χ0n) is 11.0. The van der Waals surface area contributed by atoms with Gasteiger partial charge in [0, 0.05) is 22.4 Å². The SMILES string of the molecule is Cc1cccc2c(=O)[nH]c3c(ccc4cccnc43)c12. The number of hydrogen-bond acceptors (Lipinski definition) is 2. The Morgan fingerprint density at radius 1 is 1.00 bits per heavy atom. The fourth-order valence-electron chi connectivity index (χ4n) is 2.88. The second-order valence-corrected chi connectivity index (χ2v) is 5.01. The van der Waals surface area contributed by atoms with Gasteiger partial charge in [-0.3, -0.25) is 9.78 Å². The van der Waals surface area contributed by atoms with Crippen LogP contribution in [-0.4, -0.2) is 9.97 Å². The summed E-state index contributed by atoms with van der Waals surface area (Å²) in [6.07, 6.45) is 1.75. The van der Waals surface area contributed by atoms with E-state index in [1.54, 1.807) is 6.20 Å². The lowest BCUT2D eigenvalue weighted by Gasteiger charge is -2.08. The molecule has 2 aromatic carbocycles. The van der Waals surface area contributed by atoms with Crippen LogP contribution in [0.5, 0.6) is 0 Å². The molecule has 0 amide bonds. The molecule has 4 aromatic rings. The number of aromatic nitrogens is 2. The van der Waals surface area contributed by atoms with Gasteiger partial charge >= 0.3 is 0 Å². The summed E-state index contributed by atoms with van der Waals surface area (Å²) in [5, 5.41) is 3.82. The molecular weight excluding hydrogens is 248 g/mol. The summed E-state index contributed by atoms with van der Waals surface area (Å²) in [5.41, 5.74) is 2.70. The van der Waals surface area contributed by atoms with Crippen molar-refractivity contribution in [3.63, 3.8) is 0 Å². The van der Waals surface area contributed by atoms with Gasteiger partial charge < -0.3 is 4.98 Å². The first-order valence-electron chi connectivity index (χ1n) is 6.55. The smallest absolute Gasteiger partial charge is 0.256 e. The summed E-state index contributed by atoms with van der Waals surface area (Å²) in [4.78, 5) is 19.7. The summed E-state index contributed by atoms with van der Waals surface area (Å²) in [5.74, 6) is 0. The van der Waals surface area contributed by atoms with Gasteiger partial charge in [0.25, 0.3) is 5.56 Å². The molecule has 0 spiro atoms. The molecule has 96 valence electrons. The van der Waals surface area contributed by atoms with Crippen LogP contribution in [0.15, 0.2) is 53.5 Å². The number of nitrogens with one attached hydrogen (secondary N) is 1. The standard InChI is InChI=1S/C17H12N2O/c1-10-4-2-6-13-14(10)12-8-7-11-5-3-9-18-15(11)16(12)19-17(13)20/h2-9H,1H3,(H,19,20). The van der Waals surface area contributed by atoms with Crippen LogP contribution >= 0.6 is 0 Å². The van der Waals surface area contributed by atoms with Crippen LogP contribution in [0.2, 0.25) is 0 Å². The van der Waals surface area contributed by atoms with Crippen LogP contribution in [0.3, 0.4) is 0 Å². The van der Waals surface area contributed by atoms with Gasteiger partial charge in [-0.15, -0.1) is 0 Å². The fourth-order valence-corrected chi connectivity index (χ4v) is 2.88. The summed E-state index contributed by atoms with van der Waals surface area (Å²) >= 11 is 0. The first-order valence-corrected chi connectivity index (χ1v) is 6.55. The Morgan fingerprint density at radius 2 is 1.90 bits per heavy atom. The third-order valence-corrected chi connectivity index (χ3v) is 3.80. The van der Waals surface area contributed by atoms with Crippen molar-refractivity contribution in [3.05, 3.63) is 64.6 Å². The van der Waals surface area contributed by atoms with E-state index in [0.29, 0.717) is 0 Å². The van der Waals surface area contributed by atoms with Crippen LogP contribution in [0.25, 0.3) is 32.6 Å². The number of hydrogen-bond donors (Lipinski definition) is 1. The van der Waals surface area contributed by atoms with Crippen molar-refractivity contribution >= 4 is 32.6 Å². The molecule has 3 nitrogen and oxygen atoms in total. The van der Waals surface area contributed by atoms with E-state index < -0.39 is 0 Å². The summed E-state index contributed by atoms with van der Waals surface area (Å²) in [7, 11) is 0. The van der Waals surface area contributed by atoms with Crippen molar-refractivity contribution in [2.75, 3.05) is 0 Å². The largest absolute Gasteiger partial charge is 0.320 e. The van der Waals surface area contributed by atoms with Gasteiger partial charge in [-0.05, 0) is 30.0 Å². The van der Waals surface area contributed by atoms with Crippen molar-refractivity contribution in [1.82, 2.24) is 9.97 Å². The number of nitrogens with zero attached hydrogens (tertiary/aromatic N) is 1. The lowest BCUT2D eigenvalue weighted by molar-refractivity contribution is 1.33. The predicted octanol–water partition coefficient (Wildman–Crippen LogP) is 3.54. The Kier molecular flexibility index (Phi) is 2.18. The Hall–Kier alpha value is -2.68. The number of H-pyrrole nitrogens is 1. The first-order chi connectivity index (χ1) is 9.75. The molecule has 0 unspecified atom stereocenters. The average molecular weight is 260 g/mol. The molecule has 0 radical (unpaired) electrons. The number of benzene rings is 2. The zero-order valence-corrected chi connectivity index (χ0v) is 11.0. The van der Waals surface area contributed by atoms with E-state index in [1.165, 1.54) is 0 Å². The Balaban J connectivity index is 2.39. The highest BCUT2D eigenvalue weighted by Crippen LogP contribution is 2.28. The predicted molar refractivity (Wildman–Crippen MR) is 82.1 cm³/mol. The molecule has 0 saturated carbocycles. The van der Waals surface area contributed by atoms with E-state index in [1.807, 2.05) is 37.3 Å². The number of aryl methyl sites for hydroxylation is 1. The van der Waals surface area contributed by atoms with E-state index >= 15 is 0 Å². The third-order valence-electron chi connectivity index (χ3n) is 3.80. The average Bonchev–Trinajstić information content (AvgIpc) is 2.48. The molecule has 0 fully saturated rings. The van der Waals surface area contributed by atoms with Crippen LogP contribution in [0.4, 0.5) is 0 Å². The minimum absolute atomic E-state index is 0.0608. The molecule has 1 N–H and O–H groups in total. The Labute approximate surface area is 114 Å². The molecule has 0 atom stereocenters. The van der Waals surface area contributed by atoms with E-state index in [4.69, 9.17) is 0 Å². The van der Waals surface area contributed by atoms with E-state index in [-0.39, 0.29) is 5.56 Å². The fraction of sp³-hybridized carbons (Fsp3) is 0.0588. The lowest BCUT2D eigenvalue weighted by Crippen LogP contribution is -2.07. The summed E-state index contributed by atoms with van der Waals surface area (Å²) in [6.45, 7) is 2.03. The number of aromatic amines is 1. The van der Waals surface area contributed by atoms with Gasteiger partial charge in [0.2, 0.25) is 0 Å². The molecular formula is C17H12N2O. The number of fused-ring (bicyclic) bond motifs is 5. The molecule has 20 heavy (non-hydrogen) atoms. The van der Waals surface area contributed by atoms with Crippen molar-refractivity contribution < 1.29 is 0 Å². The van der Waals surface area contributed by atoms with Crippen molar-refractivity contribution in [2.45, 2.75) is 6.92 Å². The maximum absolute atomic E-state index is 12.3. The highest BCUT2D eigenvalue weighted by atomic mass is 16.1. The number of pyridine rings is 2. The summed E-state index contributed by atoms with van der Waals surface area (Å²) in [6, 6.07) is 13.8. The molecule has 0 saturated heterocycles. The third kappa shape index (κ3) is 1.40.